The van der Waals surface area contributed by atoms with Crippen molar-refractivity contribution in [2.45, 2.75) is 6.54 Å². The molecule has 2 heterocycles. The Morgan fingerprint density at radius 1 is 1.46 bits per heavy atom. The van der Waals surface area contributed by atoms with Gasteiger partial charge in [0.1, 0.15) is 15.9 Å². The third-order valence-electron chi connectivity index (χ3n) is 1.62. The van der Waals surface area contributed by atoms with Gasteiger partial charge in [0.15, 0.2) is 0 Å². The SMILES string of the molecule is Cl.NCc1cc2cnc(Br)cc2o1. The normalized spacial score (nSPS) is 10.0. The molecule has 0 atom stereocenters. The van der Waals surface area contributed by atoms with Crippen LogP contribution in [0.4, 0.5) is 0 Å². The van der Waals surface area contributed by atoms with Crippen molar-refractivity contribution >= 4 is 39.3 Å². The summed E-state index contributed by atoms with van der Waals surface area (Å²) in [5, 5.41) is 0.985. The van der Waals surface area contributed by atoms with Crippen molar-refractivity contribution in [1.29, 1.82) is 0 Å². The molecule has 0 aliphatic heterocycles. The fraction of sp³-hybridized carbons (Fsp3) is 0.125. The molecule has 0 radical (unpaired) electrons. The predicted octanol–water partition coefficient (Wildman–Crippen LogP) is 2.47. The number of hydrogen-bond acceptors (Lipinski definition) is 3. The monoisotopic (exact) mass is 262 g/mol. The first kappa shape index (κ1) is 10.5. The summed E-state index contributed by atoms with van der Waals surface area (Å²) >= 11 is 3.26. The van der Waals surface area contributed by atoms with Crippen molar-refractivity contribution in [2.24, 2.45) is 5.73 Å². The van der Waals surface area contributed by atoms with Crippen molar-refractivity contribution in [3.63, 3.8) is 0 Å². The van der Waals surface area contributed by atoms with Crippen LogP contribution >= 0.6 is 28.3 Å². The minimum atomic E-state index is 0. The lowest BCUT2D eigenvalue weighted by molar-refractivity contribution is 0.552. The van der Waals surface area contributed by atoms with Crippen LogP contribution in [0.3, 0.4) is 0 Å². The van der Waals surface area contributed by atoms with Gasteiger partial charge in [-0.2, -0.15) is 0 Å². The molecule has 13 heavy (non-hydrogen) atoms. The first-order valence-electron chi connectivity index (χ1n) is 3.53. The molecule has 0 aromatic carbocycles. The second kappa shape index (κ2) is 4.09. The largest absolute Gasteiger partial charge is 0.460 e. The van der Waals surface area contributed by atoms with E-state index >= 15 is 0 Å². The fourth-order valence-corrected chi connectivity index (χ4v) is 1.38. The number of furan rings is 1. The lowest BCUT2D eigenvalue weighted by Crippen LogP contribution is -1.92. The molecule has 0 aliphatic carbocycles. The van der Waals surface area contributed by atoms with Crippen molar-refractivity contribution in [3.05, 3.63) is 28.7 Å². The molecular formula is C8H8BrClN2O. The molecule has 0 unspecified atom stereocenters. The van der Waals surface area contributed by atoms with Gasteiger partial charge in [-0.25, -0.2) is 4.98 Å². The Bertz CT molecular complexity index is 415. The molecule has 2 aromatic heterocycles. The molecule has 0 bridgehead atoms. The predicted molar refractivity (Wildman–Crippen MR) is 56.8 cm³/mol. The minimum Gasteiger partial charge on any atom is -0.460 e. The molecule has 0 fully saturated rings. The molecular weight excluding hydrogens is 255 g/mol. The van der Waals surface area contributed by atoms with E-state index in [0.29, 0.717) is 6.54 Å². The Morgan fingerprint density at radius 2 is 2.23 bits per heavy atom. The molecule has 2 N–H and O–H groups in total. The highest BCUT2D eigenvalue weighted by Crippen LogP contribution is 2.20. The van der Waals surface area contributed by atoms with Crippen LogP contribution in [0, 0.1) is 0 Å². The standard InChI is InChI=1S/C8H7BrN2O.ClH/c9-8-2-7-5(4-11-8)1-6(3-10)12-7;/h1-2,4H,3,10H2;1H. The second-order valence-electron chi connectivity index (χ2n) is 2.46. The topological polar surface area (TPSA) is 52.0 Å². The summed E-state index contributed by atoms with van der Waals surface area (Å²) < 4.78 is 6.17. The highest BCUT2D eigenvalue weighted by molar-refractivity contribution is 9.10. The maximum atomic E-state index is 5.43. The van der Waals surface area contributed by atoms with E-state index in [1.807, 2.05) is 12.1 Å². The molecule has 0 spiro atoms. The summed E-state index contributed by atoms with van der Waals surface area (Å²) in [6.45, 7) is 0.423. The van der Waals surface area contributed by atoms with Crippen molar-refractivity contribution in [2.75, 3.05) is 0 Å². The first-order valence-corrected chi connectivity index (χ1v) is 4.33. The van der Waals surface area contributed by atoms with Gasteiger partial charge >= 0.3 is 0 Å². The van der Waals surface area contributed by atoms with Crippen LogP contribution in [-0.4, -0.2) is 4.98 Å². The van der Waals surface area contributed by atoms with Crippen molar-refractivity contribution < 1.29 is 4.42 Å². The number of pyridine rings is 1. The molecule has 0 aliphatic rings. The average Bonchev–Trinajstić information content (AvgIpc) is 2.46. The summed E-state index contributed by atoms with van der Waals surface area (Å²) in [5.74, 6) is 0.782. The maximum absolute atomic E-state index is 5.43. The molecule has 5 heteroatoms. The summed E-state index contributed by atoms with van der Waals surface area (Å²) in [5.41, 5.74) is 6.24. The van der Waals surface area contributed by atoms with Gasteiger partial charge in [-0.15, -0.1) is 12.4 Å². The zero-order valence-corrected chi connectivity index (χ0v) is 9.06. The van der Waals surface area contributed by atoms with Crippen molar-refractivity contribution in [3.8, 4) is 0 Å². The quantitative estimate of drug-likeness (QED) is 0.804. The van der Waals surface area contributed by atoms with Gasteiger partial charge in [-0.1, -0.05) is 0 Å². The molecule has 0 saturated heterocycles. The maximum Gasteiger partial charge on any atom is 0.138 e. The van der Waals surface area contributed by atoms with E-state index in [9.17, 15) is 0 Å². The van der Waals surface area contributed by atoms with E-state index in [2.05, 4.69) is 20.9 Å². The van der Waals surface area contributed by atoms with E-state index in [1.54, 1.807) is 6.20 Å². The van der Waals surface area contributed by atoms with Gasteiger partial charge in [0.2, 0.25) is 0 Å². The summed E-state index contributed by atoms with van der Waals surface area (Å²) in [7, 11) is 0. The zero-order valence-electron chi connectivity index (χ0n) is 6.66. The smallest absolute Gasteiger partial charge is 0.138 e. The van der Waals surface area contributed by atoms with Crippen LogP contribution in [0.2, 0.25) is 0 Å². The molecule has 0 amide bonds. The Hall–Kier alpha value is -0.580. The number of hydrogen-bond donors (Lipinski definition) is 1. The molecule has 2 rings (SSSR count). The third kappa shape index (κ3) is 2.02. The zero-order chi connectivity index (χ0) is 8.55. The van der Waals surface area contributed by atoms with E-state index in [4.69, 9.17) is 10.2 Å². The van der Waals surface area contributed by atoms with Gasteiger partial charge in [0.05, 0.1) is 6.54 Å². The number of rotatable bonds is 1. The van der Waals surface area contributed by atoms with Crippen LogP contribution < -0.4 is 5.73 Å². The van der Waals surface area contributed by atoms with Crippen LogP contribution in [0.5, 0.6) is 0 Å². The number of nitrogens with two attached hydrogens (primary N) is 1. The number of nitrogens with zero attached hydrogens (tertiary/aromatic N) is 1. The lowest BCUT2D eigenvalue weighted by Gasteiger charge is -1.87. The van der Waals surface area contributed by atoms with Gasteiger partial charge < -0.3 is 10.2 Å². The Balaban J connectivity index is 0.000000845. The second-order valence-corrected chi connectivity index (χ2v) is 3.27. The Kier molecular flexibility index (Phi) is 3.30. The van der Waals surface area contributed by atoms with Gasteiger partial charge in [0, 0.05) is 17.6 Å². The molecule has 2 aromatic rings. The van der Waals surface area contributed by atoms with Crippen LogP contribution in [0.25, 0.3) is 11.0 Å². The van der Waals surface area contributed by atoms with Crippen LogP contribution in [0.15, 0.2) is 27.3 Å². The number of fused-ring (bicyclic) bond motifs is 1. The molecule has 70 valence electrons. The first-order chi connectivity index (χ1) is 5.79. The number of halogens is 2. The van der Waals surface area contributed by atoms with E-state index in [-0.39, 0.29) is 12.4 Å². The highest BCUT2D eigenvalue weighted by atomic mass is 79.9. The summed E-state index contributed by atoms with van der Waals surface area (Å²) in [6.07, 6.45) is 1.75. The Labute approximate surface area is 89.9 Å². The summed E-state index contributed by atoms with van der Waals surface area (Å²) in [6, 6.07) is 3.73. The third-order valence-corrected chi connectivity index (χ3v) is 2.05. The van der Waals surface area contributed by atoms with Gasteiger partial charge in [-0.3, -0.25) is 0 Å². The molecule has 3 nitrogen and oxygen atoms in total. The average molecular weight is 264 g/mol. The van der Waals surface area contributed by atoms with Gasteiger partial charge in [0.25, 0.3) is 0 Å². The summed E-state index contributed by atoms with van der Waals surface area (Å²) in [4.78, 5) is 4.07. The fourth-order valence-electron chi connectivity index (χ4n) is 1.07. The Morgan fingerprint density at radius 3 is 2.92 bits per heavy atom. The van der Waals surface area contributed by atoms with E-state index in [1.165, 1.54) is 0 Å². The van der Waals surface area contributed by atoms with E-state index < -0.39 is 0 Å². The molecule has 0 saturated carbocycles. The van der Waals surface area contributed by atoms with Crippen LogP contribution in [0.1, 0.15) is 5.76 Å². The van der Waals surface area contributed by atoms with Crippen molar-refractivity contribution in [1.82, 2.24) is 4.98 Å². The lowest BCUT2D eigenvalue weighted by atomic mass is 10.3. The van der Waals surface area contributed by atoms with Crippen LogP contribution in [-0.2, 0) is 6.54 Å². The number of aromatic nitrogens is 1. The minimum absolute atomic E-state index is 0. The van der Waals surface area contributed by atoms with Gasteiger partial charge in [-0.05, 0) is 22.0 Å². The van der Waals surface area contributed by atoms with E-state index in [0.717, 1.165) is 21.3 Å². The highest BCUT2D eigenvalue weighted by Gasteiger charge is 2.02.